The molecule has 5 heteroatoms. The predicted molar refractivity (Wildman–Crippen MR) is 115 cm³/mol. The topological polar surface area (TPSA) is 38.2 Å². The molecule has 0 bridgehead atoms. The summed E-state index contributed by atoms with van der Waals surface area (Å²) in [5.41, 5.74) is 3.64. The monoisotopic (exact) mass is 387 g/mol. The Labute approximate surface area is 168 Å². The minimum Gasteiger partial charge on any atom is -0.372 e. The minimum absolute atomic E-state index is 0.226. The fraction of sp³-hybridized carbons (Fsp3) is 0.217. The van der Waals surface area contributed by atoms with E-state index in [0.717, 1.165) is 35.5 Å². The van der Waals surface area contributed by atoms with Crippen molar-refractivity contribution in [3.63, 3.8) is 0 Å². The van der Waals surface area contributed by atoms with E-state index in [2.05, 4.69) is 68.8 Å². The van der Waals surface area contributed by atoms with Gasteiger partial charge in [-0.3, -0.25) is 0 Å². The summed E-state index contributed by atoms with van der Waals surface area (Å²) in [6.45, 7) is 2.48. The van der Waals surface area contributed by atoms with Crippen molar-refractivity contribution in [2.45, 2.75) is 19.1 Å². The highest BCUT2D eigenvalue weighted by molar-refractivity contribution is 7.17. The van der Waals surface area contributed by atoms with Crippen LogP contribution in [0.4, 0.5) is 5.82 Å². The van der Waals surface area contributed by atoms with Crippen LogP contribution in [0.25, 0.3) is 21.3 Å². The van der Waals surface area contributed by atoms with E-state index < -0.39 is 0 Å². The van der Waals surface area contributed by atoms with Crippen LogP contribution in [-0.4, -0.2) is 29.2 Å². The molecule has 0 radical (unpaired) electrons. The van der Waals surface area contributed by atoms with E-state index >= 15 is 0 Å². The number of benzene rings is 2. The lowest BCUT2D eigenvalue weighted by atomic mass is 10.1. The molecule has 1 atom stereocenters. The number of anilines is 1. The summed E-state index contributed by atoms with van der Waals surface area (Å²) >= 11 is 1.68. The number of hydrogen-bond acceptors (Lipinski definition) is 5. The van der Waals surface area contributed by atoms with Crippen molar-refractivity contribution >= 4 is 27.4 Å². The van der Waals surface area contributed by atoms with Gasteiger partial charge in [-0.1, -0.05) is 60.7 Å². The van der Waals surface area contributed by atoms with Crippen LogP contribution < -0.4 is 4.90 Å². The van der Waals surface area contributed by atoms with E-state index in [9.17, 15) is 0 Å². The maximum Gasteiger partial charge on any atom is 0.141 e. The smallest absolute Gasteiger partial charge is 0.141 e. The molecule has 0 N–H and O–H groups in total. The standard InChI is InChI=1S/C23H21N3OS/c1-3-7-17(8-4-1)14-27-19-11-12-26(13-19)22-21-20(18-9-5-2-6-10-18)15-28-23(21)25-16-24-22/h1-10,15-16,19H,11-14H2. The number of ether oxygens (including phenoxy) is 1. The van der Waals surface area contributed by atoms with Gasteiger partial charge in [0.25, 0.3) is 0 Å². The molecule has 0 amide bonds. The molecule has 28 heavy (non-hydrogen) atoms. The second-order valence-corrected chi connectivity index (χ2v) is 7.90. The van der Waals surface area contributed by atoms with Crippen LogP contribution in [0.15, 0.2) is 72.4 Å². The van der Waals surface area contributed by atoms with E-state index in [-0.39, 0.29) is 6.10 Å². The minimum atomic E-state index is 0.226. The maximum atomic E-state index is 6.17. The third-order valence-electron chi connectivity index (χ3n) is 5.21. The second kappa shape index (κ2) is 7.70. The summed E-state index contributed by atoms with van der Waals surface area (Å²) in [6, 6.07) is 20.9. The Balaban J connectivity index is 1.39. The summed E-state index contributed by atoms with van der Waals surface area (Å²) in [5.74, 6) is 1.02. The summed E-state index contributed by atoms with van der Waals surface area (Å²) in [6.07, 6.45) is 2.92. The highest BCUT2D eigenvalue weighted by Gasteiger charge is 2.27. The van der Waals surface area contributed by atoms with Gasteiger partial charge in [0.1, 0.15) is 17.0 Å². The summed E-state index contributed by atoms with van der Waals surface area (Å²) in [7, 11) is 0. The second-order valence-electron chi connectivity index (χ2n) is 7.05. The molecular weight excluding hydrogens is 366 g/mol. The third-order valence-corrected chi connectivity index (χ3v) is 6.09. The first-order valence-corrected chi connectivity index (χ1v) is 10.4. The van der Waals surface area contributed by atoms with E-state index in [4.69, 9.17) is 4.74 Å². The van der Waals surface area contributed by atoms with E-state index in [1.165, 1.54) is 16.7 Å². The highest BCUT2D eigenvalue weighted by atomic mass is 32.1. The maximum absolute atomic E-state index is 6.17. The van der Waals surface area contributed by atoms with Crippen LogP contribution in [-0.2, 0) is 11.3 Å². The van der Waals surface area contributed by atoms with Crippen molar-refractivity contribution in [3.05, 3.63) is 77.9 Å². The molecule has 2 aromatic heterocycles. The Hall–Kier alpha value is -2.76. The number of rotatable bonds is 5. The average Bonchev–Trinajstić information content (AvgIpc) is 3.41. The molecule has 140 valence electrons. The highest BCUT2D eigenvalue weighted by Crippen LogP contribution is 2.38. The lowest BCUT2D eigenvalue weighted by Gasteiger charge is -2.19. The van der Waals surface area contributed by atoms with Gasteiger partial charge in [0.05, 0.1) is 18.1 Å². The Kier molecular flexibility index (Phi) is 4.77. The Morgan fingerprint density at radius 3 is 2.61 bits per heavy atom. The van der Waals surface area contributed by atoms with Crippen molar-refractivity contribution < 1.29 is 4.74 Å². The van der Waals surface area contributed by atoms with Crippen molar-refractivity contribution in [3.8, 4) is 11.1 Å². The van der Waals surface area contributed by atoms with Gasteiger partial charge in [0.15, 0.2) is 0 Å². The van der Waals surface area contributed by atoms with E-state index in [1.54, 1.807) is 17.7 Å². The van der Waals surface area contributed by atoms with Gasteiger partial charge >= 0.3 is 0 Å². The third kappa shape index (κ3) is 3.39. The first-order chi connectivity index (χ1) is 13.9. The number of hydrogen-bond donors (Lipinski definition) is 0. The molecule has 1 fully saturated rings. The van der Waals surface area contributed by atoms with E-state index in [0.29, 0.717) is 6.61 Å². The molecule has 0 aliphatic carbocycles. The first-order valence-electron chi connectivity index (χ1n) is 9.56. The molecule has 1 saturated heterocycles. The Bertz CT molecular complexity index is 1070. The fourth-order valence-corrected chi connectivity index (χ4v) is 4.68. The molecule has 4 nitrogen and oxygen atoms in total. The lowest BCUT2D eigenvalue weighted by Crippen LogP contribution is -2.24. The zero-order valence-electron chi connectivity index (χ0n) is 15.5. The molecule has 2 aromatic carbocycles. The number of aromatic nitrogens is 2. The fourth-order valence-electron chi connectivity index (χ4n) is 3.77. The summed E-state index contributed by atoms with van der Waals surface area (Å²) < 4.78 is 6.17. The SMILES string of the molecule is c1ccc(COC2CCN(c3ncnc4scc(-c5ccccc5)c34)C2)cc1. The number of fused-ring (bicyclic) bond motifs is 1. The van der Waals surface area contributed by atoms with Crippen LogP contribution in [0.5, 0.6) is 0 Å². The molecule has 1 aliphatic heterocycles. The van der Waals surface area contributed by atoms with Gasteiger partial charge in [-0.2, -0.15) is 0 Å². The molecule has 0 spiro atoms. The number of thiophene rings is 1. The molecule has 1 aliphatic rings. The van der Waals surface area contributed by atoms with E-state index in [1.807, 2.05) is 12.1 Å². The van der Waals surface area contributed by atoms with Crippen LogP contribution >= 0.6 is 11.3 Å². The summed E-state index contributed by atoms with van der Waals surface area (Å²) in [5, 5.41) is 3.35. The van der Waals surface area contributed by atoms with Crippen molar-refractivity contribution in [1.82, 2.24) is 9.97 Å². The molecular formula is C23H21N3OS. The van der Waals surface area contributed by atoms with Crippen LogP contribution in [0.3, 0.4) is 0 Å². The molecule has 1 unspecified atom stereocenters. The predicted octanol–water partition coefficient (Wildman–Crippen LogP) is 5.15. The zero-order chi connectivity index (χ0) is 18.8. The average molecular weight is 388 g/mol. The van der Waals surface area contributed by atoms with Crippen LogP contribution in [0, 0.1) is 0 Å². The quantitative estimate of drug-likeness (QED) is 0.474. The van der Waals surface area contributed by atoms with Crippen molar-refractivity contribution in [1.29, 1.82) is 0 Å². The van der Waals surface area contributed by atoms with Crippen LogP contribution in [0.2, 0.25) is 0 Å². The normalized spacial score (nSPS) is 16.7. The zero-order valence-corrected chi connectivity index (χ0v) is 16.3. The van der Waals surface area contributed by atoms with Crippen molar-refractivity contribution in [2.75, 3.05) is 18.0 Å². The molecule has 0 saturated carbocycles. The van der Waals surface area contributed by atoms with Crippen LogP contribution in [0.1, 0.15) is 12.0 Å². The van der Waals surface area contributed by atoms with Crippen molar-refractivity contribution in [2.24, 2.45) is 0 Å². The van der Waals surface area contributed by atoms with Gasteiger partial charge in [0, 0.05) is 24.0 Å². The number of nitrogens with zero attached hydrogens (tertiary/aromatic N) is 3. The summed E-state index contributed by atoms with van der Waals surface area (Å²) in [4.78, 5) is 12.6. The van der Waals surface area contributed by atoms with Gasteiger partial charge in [-0.15, -0.1) is 11.3 Å². The lowest BCUT2D eigenvalue weighted by molar-refractivity contribution is 0.0553. The molecule has 3 heterocycles. The van der Waals surface area contributed by atoms with Gasteiger partial charge < -0.3 is 9.64 Å². The molecule has 4 aromatic rings. The van der Waals surface area contributed by atoms with Gasteiger partial charge in [-0.05, 0) is 17.5 Å². The van der Waals surface area contributed by atoms with Gasteiger partial charge in [0.2, 0.25) is 0 Å². The Morgan fingerprint density at radius 1 is 1.00 bits per heavy atom. The Morgan fingerprint density at radius 2 is 1.79 bits per heavy atom. The largest absolute Gasteiger partial charge is 0.372 e. The van der Waals surface area contributed by atoms with Gasteiger partial charge in [-0.25, -0.2) is 9.97 Å². The first kappa shape index (κ1) is 17.3. The molecule has 5 rings (SSSR count).